The molecule has 198 valence electrons. The van der Waals surface area contributed by atoms with E-state index < -0.39 is 0 Å². The van der Waals surface area contributed by atoms with Gasteiger partial charge in [0.1, 0.15) is 17.1 Å². The van der Waals surface area contributed by atoms with Crippen molar-refractivity contribution in [2.45, 2.75) is 12.8 Å². The number of β-amino-alcohol motifs (C(OH)–C–C–N with tert-alkyl or cyclic N) is 1. The summed E-state index contributed by atoms with van der Waals surface area (Å²) in [5.41, 5.74) is 3.62. The number of pyridine rings is 1. The summed E-state index contributed by atoms with van der Waals surface area (Å²) in [6.07, 6.45) is 5.19. The molecule has 38 heavy (non-hydrogen) atoms. The van der Waals surface area contributed by atoms with Gasteiger partial charge in [-0.25, -0.2) is 15.0 Å². The van der Waals surface area contributed by atoms with Crippen molar-refractivity contribution >= 4 is 34.8 Å². The number of halogens is 1. The molecule has 1 saturated heterocycles. The minimum atomic E-state index is -0.323. The van der Waals surface area contributed by atoms with Crippen LogP contribution in [0.4, 0.5) is 11.6 Å². The first-order chi connectivity index (χ1) is 18.5. The third kappa shape index (κ3) is 5.28. The van der Waals surface area contributed by atoms with E-state index in [0.29, 0.717) is 47.7 Å². The van der Waals surface area contributed by atoms with Crippen molar-refractivity contribution < 1.29 is 14.6 Å². The van der Waals surface area contributed by atoms with Crippen LogP contribution in [0.15, 0.2) is 55.0 Å². The smallest absolute Gasteiger partial charge is 0.229 e. The van der Waals surface area contributed by atoms with E-state index in [-0.39, 0.29) is 18.4 Å². The predicted molar refractivity (Wildman–Crippen MR) is 146 cm³/mol. The van der Waals surface area contributed by atoms with Crippen molar-refractivity contribution in [1.29, 1.82) is 0 Å². The predicted octanol–water partition coefficient (Wildman–Crippen LogP) is 3.44. The van der Waals surface area contributed by atoms with Crippen molar-refractivity contribution in [3.05, 3.63) is 65.6 Å². The van der Waals surface area contributed by atoms with Gasteiger partial charge in [0.2, 0.25) is 11.9 Å². The third-order valence-corrected chi connectivity index (χ3v) is 7.12. The lowest BCUT2D eigenvalue weighted by molar-refractivity contribution is -0.134. The molecule has 1 aromatic carbocycles. The molecule has 5 rings (SSSR count). The molecule has 1 fully saturated rings. The average Bonchev–Trinajstić information content (AvgIpc) is 3.38. The van der Waals surface area contributed by atoms with Gasteiger partial charge < -0.3 is 20.1 Å². The second kappa shape index (κ2) is 11.3. The Morgan fingerprint density at radius 2 is 1.97 bits per heavy atom. The first kappa shape index (κ1) is 25.9. The van der Waals surface area contributed by atoms with Crippen LogP contribution in [0.1, 0.15) is 18.4 Å². The Balaban J connectivity index is 1.34. The van der Waals surface area contributed by atoms with Gasteiger partial charge in [0.15, 0.2) is 0 Å². The van der Waals surface area contributed by atoms with Gasteiger partial charge in [-0.1, -0.05) is 23.7 Å². The highest BCUT2D eigenvalue weighted by Gasteiger charge is 2.26. The zero-order valence-electron chi connectivity index (χ0n) is 21.3. The van der Waals surface area contributed by atoms with Crippen LogP contribution in [0.25, 0.3) is 17.0 Å². The summed E-state index contributed by atoms with van der Waals surface area (Å²) in [6, 6.07) is 11.4. The fraction of sp³-hybridized carbons (Fsp3) is 0.333. The number of imidazole rings is 1. The van der Waals surface area contributed by atoms with E-state index in [9.17, 15) is 4.79 Å². The number of fused-ring (bicyclic) bond motifs is 1. The number of rotatable bonds is 8. The first-order valence-electron chi connectivity index (χ1n) is 12.5. The minimum absolute atomic E-state index is 0.0788. The number of ether oxygens (including phenoxy) is 1. The number of aliphatic hydroxyl groups excluding tert-OH is 1. The summed E-state index contributed by atoms with van der Waals surface area (Å²) in [5, 5.41) is 12.8. The number of nitrogens with zero attached hydrogens (tertiary/aromatic N) is 6. The van der Waals surface area contributed by atoms with Gasteiger partial charge in [0, 0.05) is 38.9 Å². The van der Waals surface area contributed by atoms with Gasteiger partial charge in [-0.05, 0) is 36.8 Å². The zero-order valence-corrected chi connectivity index (χ0v) is 22.1. The summed E-state index contributed by atoms with van der Waals surface area (Å²) < 4.78 is 7.56. The summed E-state index contributed by atoms with van der Waals surface area (Å²) in [6.45, 7) is 5.53. The normalized spacial score (nSPS) is 15.0. The number of aliphatic hydroxyl groups is 1. The molecule has 3 aromatic heterocycles. The van der Waals surface area contributed by atoms with Crippen molar-refractivity contribution in [1.82, 2.24) is 29.2 Å². The number of aromatic nitrogens is 4. The third-order valence-electron chi connectivity index (χ3n) is 6.85. The highest BCUT2D eigenvalue weighted by Crippen LogP contribution is 2.33. The lowest BCUT2D eigenvalue weighted by Gasteiger charge is -2.35. The van der Waals surface area contributed by atoms with Crippen LogP contribution in [0, 0.1) is 0 Å². The number of nitrogens with one attached hydrogen (secondary N) is 1. The maximum Gasteiger partial charge on any atom is 0.229 e. The Hall–Kier alpha value is -3.73. The second-order valence-electron chi connectivity index (χ2n) is 9.16. The number of piperazine rings is 1. The number of carbonyl (C=O) groups is 1. The summed E-state index contributed by atoms with van der Waals surface area (Å²) >= 11 is 6.45. The van der Waals surface area contributed by atoms with Crippen LogP contribution >= 0.6 is 11.6 Å². The van der Waals surface area contributed by atoms with Crippen molar-refractivity contribution in [3.63, 3.8) is 0 Å². The average molecular weight is 536 g/mol. The van der Waals surface area contributed by atoms with Gasteiger partial charge in [0.05, 0.1) is 48.4 Å². The lowest BCUT2D eigenvalue weighted by Crippen LogP contribution is -2.50. The summed E-state index contributed by atoms with van der Waals surface area (Å²) in [5.74, 6) is 0.682. The fourth-order valence-corrected chi connectivity index (χ4v) is 4.85. The zero-order chi connectivity index (χ0) is 26.6. The molecule has 0 aliphatic carbocycles. The summed E-state index contributed by atoms with van der Waals surface area (Å²) in [4.78, 5) is 30.6. The highest BCUT2D eigenvalue weighted by atomic mass is 35.5. The van der Waals surface area contributed by atoms with Gasteiger partial charge in [0.25, 0.3) is 0 Å². The first-order valence-corrected chi connectivity index (χ1v) is 12.9. The van der Waals surface area contributed by atoms with Gasteiger partial charge in [-0.3, -0.25) is 14.1 Å². The Labute approximate surface area is 225 Å². The minimum Gasteiger partial charge on any atom is -0.495 e. The molecule has 0 radical (unpaired) electrons. The molecule has 11 heteroatoms. The molecule has 1 aliphatic rings. The molecule has 10 nitrogen and oxygen atoms in total. The maximum atomic E-state index is 13.2. The van der Waals surface area contributed by atoms with Crippen LogP contribution in [0.2, 0.25) is 5.02 Å². The molecule has 2 N–H and O–H groups in total. The number of hydrogen-bond donors (Lipinski definition) is 2. The number of amides is 1. The molecule has 1 aliphatic heterocycles. The largest absolute Gasteiger partial charge is 0.495 e. The number of methoxy groups -OCH3 is 1. The number of hydrogen-bond acceptors (Lipinski definition) is 8. The van der Waals surface area contributed by atoms with Gasteiger partial charge in [-0.2, -0.15) is 0 Å². The Kier molecular flexibility index (Phi) is 7.73. The number of anilines is 2. The maximum absolute atomic E-state index is 13.2. The van der Waals surface area contributed by atoms with Crippen LogP contribution < -0.4 is 10.1 Å². The molecule has 4 aromatic rings. The summed E-state index contributed by atoms with van der Waals surface area (Å²) in [7, 11) is 1.59. The molecule has 0 spiro atoms. The fourth-order valence-electron chi connectivity index (χ4n) is 4.67. The Bertz CT molecular complexity index is 1440. The molecule has 0 saturated carbocycles. The molecule has 0 bridgehead atoms. The Morgan fingerprint density at radius 3 is 2.74 bits per heavy atom. The van der Waals surface area contributed by atoms with E-state index in [1.807, 2.05) is 58.8 Å². The molecular weight excluding hydrogens is 506 g/mol. The van der Waals surface area contributed by atoms with E-state index in [1.165, 1.54) is 0 Å². The standard InChI is InChI=1S/C27H30ClN7O3/c1-18(26(37)34-11-9-33(10-12-34)13-14-36)19-6-7-21(23(15-19)38-2)31-27-30-16-20(28)25(32-27)22-17-29-24-5-3-4-8-35(22)24/h3-8,15-18,36H,9-14H2,1-2H3,(H,30,31,32). The van der Waals surface area contributed by atoms with Crippen LogP contribution in [0.5, 0.6) is 5.75 Å². The van der Waals surface area contributed by atoms with Gasteiger partial charge in [-0.15, -0.1) is 0 Å². The molecule has 4 heterocycles. The number of carbonyl (C=O) groups excluding carboxylic acids is 1. The SMILES string of the molecule is COc1cc(C(C)C(=O)N2CCN(CCO)CC2)ccc1Nc1ncc(Cl)c(-c2cnc3ccccn23)n1. The van der Waals surface area contributed by atoms with Crippen molar-refractivity contribution in [2.24, 2.45) is 0 Å². The number of benzene rings is 1. The molecule has 1 atom stereocenters. The van der Waals surface area contributed by atoms with Crippen molar-refractivity contribution in [3.8, 4) is 17.1 Å². The van der Waals surface area contributed by atoms with Crippen LogP contribution in [0.3, 0.4) is 0 Å². The van der Waals surface area contributed by atoms with Crippen LogP contribution in [-0.4, -0.2) is 86.6 Å². The van der Waals surface area contributed by atoms with E-state index in [4.69, 9.17) is 21.4 Å². The second-order valence-corrected chi connectivity index (χ2v) is 9.57. The van der Waals surface area contributed by atoms with Crippen LogP contribution in [-0.2, 0) is 4.79 Å². The molecular formula is C27H30ClN7O3. The monoisotopic (exact) mass is 535 g/mol. The van der Waals surface area contributed by atoms with E-state index in [0.717, 1.165) is 30.0 Å². The Morgan fingerprint density at radius 1 is 1.16 bits per heavy atom. The topological polar surface area (TPSA) is 108 Å². The van der Waals surface area contributed by atoms with E-state index >= 15 is 0 Å². The quantitative estimate of drug-likeness (QED) is 0.353. The lowest BCUT2D eigenvalue weighted by atomic mass is 9.98. The van der Waals surface area contributed by atoms with Gasteiger partial charge >= 0.3 is 0 Å². The van der Waals surface area contributed by atoms with E-state index in [1.54, 1.807) is 19.5 Å². The van der Waals surface area contributed by atoms with Crippen molar-refractivity contribution in [2.75, 3.05) is 51.8 Å². The highest BCUT2D eigenvalue weighted by molar-refractivity contribution is 6.32. The van der Waals surface area contributed by atoms with E-state index in [2.05, 4.69) is 25.2 Å². The molecule has 1 amide bonds. The molecule has 1 unspecified atom stereocenters.